The van der Waals surface area contributed by atoms with Crippen LogP contribution < -0.4 is 0 Å². The second-order valence-electron chi connectivity index (χ2n) is 3.78. The summed E-state index contributed by atoms with van der Waals surface area (Å²) in [6.07, 6.45) is -1.32. The fourth-order valence-electron chi connectivity index (χ4n) is 1.66. The van der Waals surface area contributed by atoms with Gasteiger partial charge < -0.3 is 10.2 Å². The van der Waals surface area contributed by atoms with Crippen LogP contribution in [0.3, 0.4) is 0 Å². The van der Waals surface area contributed by atoms with Gasteiger partial charge in [0.15, 0.2) is 0 Å². The Morgan fingerprint density at radius 1 is 1.20 bits per heavy atom. The van der Waals surface area contributed by atoms with E-state index in [0.717, 1.165) is 6.07 Å². The minimum Gasteiger partial charge on any atom is -0.481 e. The summed E-state index contributed by atoms with van der Waals surface area (Å²) in [5, 5.41) is 18.1. The average molecular weight is 432 g/mol. The highest BCUT2D eigenvalue weighted by Gasteiger charge is 2.55. The minimum absolute atomic E-state index is 0.0290. The normalized spacial score (nSPS) is 14.6. The summed E-state index contributed by atoms with van der Waals surface area (Å²) in [6.45, 7) is 0. The number of carbonyl (C=O) groups is 2. The number of aliphatic carboxylic acids is 2. The predicted octanol–water partition coefficient (Wildman–Crippen LogP) is 1.85. The molecule has 3 N–H and O–H groups in total. The number of benzene rings is 1. The first-order valence-electron chi connectivity index (χ1n) is 4.90. The highest BCUT2D eigenvalue weighted by molar-refractivity contribution is 9.13. The zero-order valence-electron chi connectivity index (χ0n) is 9.58. The lowest BCUT2D eigenvalue weighted by molar-refractivity contribution is -0.147. The Morgan fingerprint density at radius 3 is 2.15 bits per heavy atom. The van der Waals surface area contributed by atoms with Crippen LogP contribution in [0.25, 0.3) is 0 Å². The lowest BCUT2D eigenvalue weighted by Gasteiger charge is -2.26. The summed E-state index contributed by atoms with van der Waals surface area (Å²) in [5.41, 5.74) is -0.385. The van der Waals surface area contributed by atoms with E-state index < -0.39 is 33.2 Å². The van der Waals surface area contributed by atoms with Gasteiger partial charge in [0.2, 0.25) is 4.75 Å². The Balaban J connectivity index is 3.81. The van der Waals surface area contributed by atoms with Gasteiger partial charge >= 0.3 is 11.9 Å². The predicted molar refractivity (Wildman–Crippen MR) is 75.0 cm³/mol. The van der Waals surface area contributed by atoms with Crippen LogP contribution >= 0.6 is 31.9 Å². The molecule has 0 aliphatic heterocycles. The van der Waals surface area contributed by atoms with E-state index in [1.54, 1.807) is 0 Å². The van der Waals surface area contributed by atoms with Crippen LogP contribution in [0.5, 0.6) is 0 Å². The van der Waals surface area contributed by atoms with Gasteiger partial charge in [0, 0.05) is 14.5 Å². The Labute approximate surface area is 130 Å². The number of rotatable bonds is 5. The molecule has 0 saturated carbocycles. The molecule has 0 aromatic heterocycles. The van der Waals surface area contributed by atoms with Crippen molar-refractivity contribution in [3.05, 3.63) is 32.7 Å². The molecule has 0 aliphatic carbocycles. The first kappa shape index (κ1) is 17.1. The largest absolute Gasteiger partial charge is 0.481 e. The summed E-state index contributed by atoms with van der Waals surface area (Å²) in [4.78, 5) is 22.3. The number of hydrogen-bond donors (Lipinski definition) is 3. The maximum Gasteiger partial charge on any atom is 0.332 e. The first-order chi connectivity index (χ1) is 9.04. The maximum atomic E-state index is 11.6. The van der Waals surface area contributed by atoms with Crippen LogP contribution in [0.4, 0.5) is 0 Å². The Hall–Kier alpha value is -0.970. The molecule has 1 aromatic carbocycles. The van der Waals surface area contributed by atoms with E-state index in [4.69, 9.17) is 5.11 Å². The van der Waals surface area contributed by atoms with Crippen molar-refractivity contribution in [1.82, 2.24) is 0 Å². The molecule has 110 valence electrons. The van der Waals surface area contributed by atoms with Crippen LogP contribution in [0.1, 0.15) is 12.0 Å². The van der Waals surface area contributed by atoms with Crippen molar-refractivity contribution in [3.8, 4) is 0 Å². The van der Waals surface area contributed by atoms with Gasteiger partial charge in [0.1, 0.15) is 0 Å². The van der Waals surface area contributed by atoms with Crippen molar-refractivity contribution in [2.45, 2.75) is 11.2 Å². The van der Waals surface area contributed by atoms with Crippen LogP contribution in [0.15, 0.2) is 27.1 Å². The second kappa shape index (κ2) is 5.80. The molecule has 0 spiro atoms. The van der Waals surface area contributed by atoms with Crippen molar-refractivity contribution in [1.29, 1.82) is 0 Å². The molecule has 10 heteroatoms. The molecule has 1 rings (SSSR count). The second-order valence-corrected chi connectivity index (χ2v) is 7.07. The van der Waals surface area contributed by atoms with E-state index in [0.29, 0.717) is 4.47 Å². The third kappa shape index (κ3) is 2.87. The van der Waals surface area contributed by atoms with Crippen molar-refractivity contribution in [2.24, 2.45) is 0 Å². The number of halogens is 2. The lowest BCUT2D eigenvalue weighted by Crippen LogP contribution is -2.45. The smallest absolute Gasteiger partial charge is 0.332 e. The average Bonchev–Trinajstić information content (AvgIpc) is 2.27. The van der Waals surface area contributed by atoms with Gasteiger partial charge in [-0.2, -0.15) is 8.42 Å². The van der Waals surface area contributed by atoms with Gasteiger partial charge in [-0.3, -0.25) is 14.1 Å². The van der Waals surface area contributed by atoms with Gasteiger partial charge in [0.25, 0.3) is 10.1 Å². The third-order valence-corrected chi connectivity index (χ3v) is 6.04. The summed E-state index contributed by atoms with van der Waals surface area (Å²) in [5.74, 6) is -3.67. The summed E-state index contributed by atoms with van der Waals surface area (Å²) in [6, 6.07) is 3.93. The van der Waals surface area contributed by atoms with Crippen molar-refractivity contribution >= 4 is 53.9 Å². The van der Waals surface area contributed by atoms with Crippen molar-refractivity contribution in [2.75, 3.05) is 0 Å². The van der Waals surface area contributed by atoms with Gasteiger partial charge in [-0.15, -0.1) is 0 Å². The van der Waals surface area contributed by atoms with Crippen LogP contribution in [0, 0.1) is 0 Å². The van der Waals surface area contributed by atoms with Crippen molar-refractivity contribution < 1.29 is 32.8 Å². The van der Waals surface area contributed by atoms with Gasteiger partial charge in [-0.25, -0.2) is 0 Å². The SMILES string of the molecule is O=C(O)CC(C(=O)O)(c1cccc(Br)c1Br)S(=O)(=O)O. The molecule has 0 radical (unpaired) electrons. The molecule has 1 unspecified atom stereocenters. The monoisotopic (exact) mass is 430 g/mol. The number of carboxylic acids is 2. The molecule has 1 atom stereocenters. The van der Waals surface area contributed by atoms with Crippen molar-refractivity contribution in [3.63, 3.8) is 0 Å². The van der Waals surface area contributed by atoms with E-state index in [2.05, 4.69) is 31.9 Å². The Kier molecular flexibility index (Phi) is 4.95. The Bertz CT molecular complexity index is 670. The molecule has 0 bridgehead atoms. The fourth-order valence-corrected chi connectivity index (χ4v) is 3.73. The highest BCUT2D eigenvalue weighted by Crippen LogP contribution is 2.41. The first-order valence-corrected chi connectivity index (χ1v) is 7.93. The van der Waals surface area contributed by atoms with E-state index in [-0.39, 0.29) is 10.0 Å². The molecule has 0 amide bonds. The summed E-state index contributed by atoms with van der Waals surface area (Å²) < 4.78 is 29.8. The van der Waals surface area contributed by atoms with E-state index >= 15 is 0 Å². The molecule has 20 heavy (non-hydrogen) atoms. The molecule has 0 saturated heterocycles. The van der Waals surface area contributed by atoms with Crippen LogP contribution in [0.2, 0.25) is 0 Å². The molecule has 0 heterocycles. The quantitative estimate of drug-likeness (QED) is 0.606. The van der Waals surface area contributed by atoms with E-state index in [9.17, 15) is 27.7 Å². The maximum absolute atomic E-state index is 11.6. The molecule has 7 nitrogen and oxygen atoms in total. The van der Waals surface area contributed by atoms with Crippen LogP contribution in [-0.2, 0) is 24.5 Å². The standard InChI is InChI=1S/C10H8Br2O7S/c11-6-3-1-2-5(8(6)12)10(9(15)16,4-7(13)14)20(17,18)19/h1-3H,4H2,(H,13,14)(H,15,16)(H,17,18,19). The molecule has 0 fully saturated rings. The molecular formula is C10H8Br2O7S. The topological polar surface area (TPSA) is 129 Å². The summed E-state index contributed by atoms with van der Waals surface area (Å²) >= 11 is 6.04. The van der Waals surface area contributed by atoms with E-state index in [1.807, 2.05) is 0 Å². The fraction of sp³-hybridized carbons (Fsp3) is 0.200. The zero-order chi connectivity index (χ0) is 15.7. The number of hydrogen-bond acceptors (Lipinski definition) is 4. The molecule has 1 aromatic rings. The summed E-state index contributed by atoms with van der Waals surface area (Å²) in [7, 11) is -5.24. The zero-order valence-corrected chi connectivity index (χ0v) is 13.6. The van der Waals surface area contributed by atoms with Crippen LogP contribution in [-0.4, -0.2) is 35.1 Å². The Morgan fingerprint density at radius 2 is 1.75 bits per heavy atom. The third-order valence-electron chi connectivity index (χ3n) is 2.57. The lowest BCUT2D eigenvalue weighted by atomic mass is 9.94. The number of carboxylic acid groups (broad SMARTS) is 2. The van der Waals surface area contributed by atoms with Gasteiger partial charge in [0.05, 0.1) is 6.42 Å². The minimum atomic E-state index is -5.24. The molecule has 0 aliphatic rings. The highest BCUT2D eigenvalue weighted by atomic mass is 79.9. The van der Waals surface area contributed by atoms with Gasteiger partial charge in [-0.05, 0) is 37.9 Å². The molecular weight excluding hydrogens is 424 g/mol. The van der Waals surface area contributed by atoms with E-state index in [1.165, 1.54) is 12.1 Å². The van der Waals surface area contributed by atoms with Gasteiger partial charge in [-0.1, -0.05) is 12.1 Å².